The molecule has 0 saturated carbocycles. The molecule has 1 heterocycles. The second kappa shape index (κ2) is 6.40. The summed E-state index contributed by atoms with van der Waals surface area (Å²) in [6.07, 6.45) is 1.71. The lowest BCUT2D eigenvalue weighted by molar-refractivity contribution is -0.122. The van der Waals surface area contributed by atoms with Gasteiger partial charge in [-0.15, -0.1) is 0 Å². The van der Waals surface area contributed by atoms with Crippen LogP contribution in [-0.4, -0.2) is 15.5 Å². The zero-order valence-corrected chi connectivity index (χ0v) is 14.0. The number of para-hydroxylation sites is 2. The van der Waals surface area contributed by atoms with Crippen molar-refractivity contribution in [3.63, 3.8) is 0 Å². The van der Waals surface area contributed by atoms with Crippen molar-refractivity contribution in [1.82, 2.24) is 14.9 Å². The number of aromatic nitrogens is 2. The first-order valence-electron chi connectivity index (χ1n) is 8.38. The molecule has 0 radical (unpaired) electrons. The lowest BCUT2D eigenvalue weighted by atomic mass is 10.0. The number of nitrogens with one attached hydrogen (secondary N) is 1. The van der Waals surface area contributed by atoms with Crippen LogP contribution in [-0.2, 0) is 11.3 Å². The van der Waals surface area contributed by atoms with Gasteiger partial charge in [0.25, 0.3) is 0 Å². The topological polar surface area (TPSA) is 46.9 Å². The molecular weight excluding hydrogens is 310 g/mol. The minimum atomic E-state index is -0.0492. The van der Waals surface area contributed by atoms with Crippen LogP contribution in [0.15, 0.2) is 73.1 Å². The second-order valence-electron chi connectivity index (χ2n) is 6.26. The summed E-state index contributed by atoms with van der Waals surface area (Å²) in [5, 5.41) is 5.46. The number of rotatable bonds is 4. The second-order valence-corrected chi connectivity index (χ2v) is 6.26. The molecule has 0 aliphatic heterocycles. The SMILES string of the molecule is CC(NC(=O)Cn1cnc2ccccc21)c1ccc2ccccc2c1. The standard InChI is InChI=1S/C21H19N3O/c1-15(17-11-10-16-6-2-3-7-18(16)12-17)23-21(25)13-24-14-22-19-8-4-5-9-20(19)24/h2-12,14-15H,13H2,1H3,(H,23,25). The van der Waals surface area contributed by atoms with Gasteiger partial charge in [-0.2, -0.15) is 0 Å². The van der Waals surface area contributed by atoms with Gasteiger partial charge in [0.1, 0.15) is 6.54 Å². The molecule has 0 spiro atoms. The fourth-order valence-electron chi connectivity index (χ4n) is 3.14. The van der Waals surface area contributed by atoms with Crippen molar-refractivity contribution in [2.45, 2.75) is 19.5 Å². The Balaban J connectivity index is 1.49. The lowest BCUT2D eigenvalue weighted by Gasteiger charge is -2.15. The Bertz CT molecular complexity index is 1050. The van der Waals surface area contributed by atoms with Gasteiger partial charge in [-0.3, -0.25) is 4.79 Å². The first-order valence-corrected chi connectivity index (χ1v) is 8.38. The number of hydrogen-bond donors (Lipinski definition) is 1. The van der Waals surface area contributed by atoms with E-state index in [0.717, 1.165) is 16.6 Å². The summed E-state index contributed by atoms with van der Waals surface area (Å²) < 4.78 is 1.87. The lowest BCUT2D eigenvalue weighted by Crippen LogP contribution is -2.29. The van der Waals surface area contributed by atoms with Crippen molar-refractivity contribution in [3.05, 3.63) is 78.6 Å². The molecule has 25 heavy (non-hydrogen) atoms. The average molecular weight is 329 g/mol. The van der Waals surface area contributed by atoms with E-state index in [-0.39, 0.29) is 18.5 Å². The highest BCUT2D eigenvalue weighted by atomic mass is 16.2. The maximum Gasteiger partial charge on any atom is 0.240 e. The van der Waals surface area contributed by atoms with Gasteiger partial charge < -0.3 is 9.88 Å². The average Bonchev–Trinajstić information content (AvgIpc) is 3.04. The van der Waals surface area contributed by atoms with Crippen LogP contribution in [0.3, 0.4) is 0 Å². The predicted octanol–water partition coefficient (Wildman–Crippen LogP) is 4.07. The summed E-state index contributed by atoms with van der Waals surface area (Å²) in [5.41, 5.74) is 2.97. The molecule has 4 aromatic rings. The van der Waals surface area contributed by atoms with Crippen LogP contribution < -0.4 is 5.32 Å². The third-order valence-electron chi connectivity index (χ3n) is 4.49. The molecule has 3 aromatic carbocycles. The molecule has 1 amide bonds. The van der Waals surface area contributed by atoms with E-state index in [1.807, 2.05) is 47.9 Å². The molecule has 0 aliphatic carbocycles. The molecule has 0 fully saturated rings. The molecule has 0 saturated heterocycles. The van der Waals surface area contributed by atoms with Crippen molar-refractivity contribution in [2.75, 3.05) is 0 Å². The van der Waals surface area contributed by atoms with E-state index < -0.39 is 0 Å². The number of imidazole rings is 1. The van der Waals surface area contributed by atoms with Crippen molar-refractivity contribution >= 4 is 27.7 Å². The summed E-state index contributed by atoms with van der Waals surface area (Å²) in [7, 11) is 0. The van der Waals surface area contributed by atoms with Crippen molar-refractivity contribution in [2.24, 2.45) is 0 Å². The number of benzene rings is 3. The fraction of sp³-hybridized carbons (Fsp3) is 0.143. The summed E-state index contributed by atoms with van der Waals surface area (Å²) in [6, 6.07) is 22.3. The number of hydrogen-bond acceptors (Lipinski definition) is 2. The van der Waals surface area contributed by atoms with Gasteiger partial charge in [0.2, 0.25) is 5.91 Å². The van der Waals surface area contributed by atoms with Crippen molar-refractivity contribution < 1.29 is 4.79 Å². The van der Waals surface area contributed by atoms with E-state index in [1.54, 1.807) is 6.33 Å². The largest absolute Gasteiger partial charge is 0.348 e. The van der Waals surface area contributed by atoms with Crippen LogP contribution in [0.2, 0.25) is 0 Å². The molecule has 1 atom stereocenters. The molecule has 1 aromatic heterocycles. The summed E-state index contributed by atoms with van der Waals surface area (Å²) in [6.45, 7) is 2.27. The molecule has 1 unspecified atom stereocenters. The Kier molecular flexibility index (Phi) is 3.94. The highest BCUT2D eigenvalue weighted by Gasteiger charge is 2.12. The first kappa shape index (κ1) is 15.4. The minimum Gasteiger partial charge on any atom is -0.348 e. The van der Waals surface area contributed by atoms with E-state index in [1.165, 1.54) is 10.8 Å². The number of carbonyl (C=O) groups is 1. The molecule has 4 nitrogen and oxygen atoms in total. The van der Waals surface area contributed by atoms with E-state index in [2.05, 4.69) is 40.6 Å². The molecule has 1 N–H and O–H groups in total. The summed E-state index contributed by atoms with van der Waals surface area (Å²) >= 11 is 0. The number of nitrogens with zero attached hydrogens (tertiary/aromatic N) is 2. The zero-order valence-electron chi connectivity index (χ0n) is 14.0. The Labute approximate surface area is 146 Å². The maximum atomic E-state index is 12.4. The van der Waals surface area contributed by atoms with Crippen LogP contribution in [0.1, 0.15) is 18.5 Å². The maximum absolute atomic E-state index is 12.4. The Hall–Kier alpha value is -3.14. The van der Waals surface area contributed by atoms with Gasteiger partial charge in [-0.05, 0) is 41.5 Å². The van der Waals surface area contributed by atoms with Gasteiger partial charge in [0.05, 0.1) is 23.4 Å². The van der Waals surface area contributed by atoms with Crippen molar-refractivity contribution in [1.29, 1.82) is 0 Å². The van der Waals surface area contributed by atoms with Crippen LogP contribution in [0, 0.1) is 0 Å². The number of carbonyl (C=O) groups excluding carboxylic acids is 1. The van der Waals surface area contributed by atoms with E-state index >= 15 is 0 Å². The van der Waals surface area contributed by atoms with Gasteiger partial charge in [-0.25, -0.2) is 4.98 Å². The van der Waals surface area contributed by atoms with E-state index in [0.29, 0.717) is 0 Å². The van der Waals surface area contributed by atoms with Gasteiger partial charge >= 0.3 is 0 Å². The molecular formula is C21H19N3O. The highest BCUT2D eigenvalue weighted by Crippen LogP contribution is 2.20. The summed E-state index contributed by atoms with van der Waals surface area (Å²) in [5.74, 6) is -0.0242. The third-order valence-corrected chi connectivity index (χ3v) is 4.49. The quantitative estimate of drug-likeness (QED) is 0.613. The minimum absolute atomic E-state index is 0.0242. The number of amides is 1. The van der Waals surface area contributed by atoms with Crippen LogP contribution in [0.25, 0.3) is 21.8 Å². The van der Waals surface area contributed by atoms with Gasteiger partial charge in [0.15, 0.2) is 0 Å². The summed E-state index contributed by atoms with van der Waals surface area (Å²) in [4.78, 5) is 16.8. The first-order chi connectivity index (χ1) is 12.2. The highest BCUT2D eigenvalue weighted by molar-refractivity contribution is 5.84. The molecule has 0 aliphatic rings. The van der Waals surface area contributed by atoms with Crippen LogP contribution in [0.5, 0.6) is 0 Å². The zero-order chi connectivity index (χ0) is 17.2. The van der Waals surface area contributed by atoms with E-state index in [4.69, 9.17) is 0 Å². The Morgan fingerprint density at radius 3 is 2.68 bits per heavy atom. The monoisotopic (exact) mass is 329 g/mol. The molecule has 4 rings (SSSR count). The number of fused-ring (bicyclic) bond motifs is 2. The smallest absolute Gasteiger partial charge is 0.240 e. The normalized spacial score (nSPS) is 12.4. The third kappa shape index (κ3) is 3.11. The van der Waals surface area contributed by atoms with Crippen LogP contribution >= 0.6 is 0 Å². The van der Waals surface area contributed by atoms with Crippen molar-refractivity contribution in [3.8, 4) is 0 Å². The Morgan fingerprint density at radius 2 is 1.80 bits per heavy atom. The van der Waals surface area contributed by atoms with Gasteiger partial charge in [-0.1, -0.05) is 48.5 Å². The predicted molar refractivity (Wildman–Crippen MR) is 100 cm³/mol. The fourth-order valence-corrected chi connectivity index (χ4v) is 3.14. The van der Waals surface area contributed by atoms with Gasteiger partial charge in [0, 0.05) is 0 Å². The molecule has 124 valence electrons. The van der Waals surface area contributed by atoms with Crippen LogP contribution in [0.4, 0.5) is 0 Å². The van der Waals surface area contributed by atoms with E-state index in [9.17, 15) is 4.79 Å². The molecule has 0 bridgehead atoms. The molecule has 4 heteroatoms. The Morgan fingerprint density at radius 1 is 1.04 bits per heavy atom.